The van der Waals surface area contributed by atoms with Crippen LogP contribution in [0.4, 0.5) is 0 Å². The van der Waals surface area contributed by atoms with E-state index in [1.807, 2.05) is 12.1 Å². The SMILES string of the molecule is O=CC1CCCN1C(=O)c1ccc(Br)cc1. The van der Waals surface area contributed by atoms with Crippen LogP contribution >= 0.6 is 15.9 Å². The minimum atomic E-state index is -0.240. The second-order valence-electron chi connectivity index (χ2n) is 3.85. The summed E-state index contributed by atoms with van der Waals surface area (Å²) in [4.78, 5) is 24.5. The third-order valence-corrected chi connectivity index (χ3v) is 3.34. The van der Waals surface area contributed by atoms with Gasteiger partial charge in [0.1, 0.15) is 6.29 Å². The second kappa shape index (κ2) is 4.78. The minimum absolute atomic E-state index is 0.0536. The van der Waals surface area contributed by atoms with E-state index in [9.17, 15) is 9.59 Å². The van der Waals surface area contributed by atoms with Gasteiger partial charge in [-0.2, -0.15) is 0 Å². The van der Waals surface area contributed by atoms with Crippen molar-refractivity contribution in [2.45, 2.75) is 18.9 Å². The number of hydrogen-bond acceptors (Lipinski definition) is 2. The monoisotopic (exact) mass is 281 g/mol. The Morgan fingerprint density at radius 2 is 2.06 bits per heavy atom. The highest BCUT2D eigenvalue weighted by molar-refractivity contribution is 9.10. The molecule has 4 heteroatoms. The van der Waals surface area contributed by atoms with E-state index in [2.05, 4.69) is 15.9 Å². The molecule has 0 bridgehead atoms. The maximum absolute atomic E-state index is 12.1. The normalized spacial score (nSPS) is 19.8. The first kappa shape index (κ1) is 11.3. The third kappa shape index (κ3) is 2.16. The quantitative estimate of drug-likeness (QED) is 0.780. The molecule has 84 valence electrons. The molecule has 1 aliphatic heterocycles. The Kier molecular flexibility index (Phi) is 3.39. The Balaban J connectivity index is 2.18. The van der Waals surface area contributed by atoms with Crippen LogP contribution in [0.3, 0.4) is 0 Å². The molecule has 1 fully saturated rings. The largest absolute Gasteiger partial charge is 0.329 e. The van der Waals surface area contributed by atoms with Gasteiger partial charge in [-0.25, -0.2) is 0 Å². The van der Waals surface area contributed by atoms with Crippen LogP contribution in [0.5, 0.6) is 0 Å². The fourth-order valence-electron chi connectivity index (χ4n) is 1.94. The molecule has 3 nitrogen and oxygen atoms in total. The molecule has 1 aromatic rings. The van der Waals surface area contributed by atoms with Gasteiger partial charge in [-0.1, -0.05) is 15.9 Å². The zero-order chi connectivity index (χ0) is 11.5. The zero-order valence-corrected chi connectivity index (χ0v) is 10.3. The van der Waals surface area contributed by atoms with Crippen LogP contribution in [-0.2, 0) is 4.79 Å². The molecule has 2 rings (SSSR count). The van der Waals surface area contributed by atoms with E-state index in [0.717, 1.165) is 23.6 Å². The van der Waals surface area contributed by atoms with Crippen molar-refractivity contribution in [3.05, 3.63) is 34.3 Å². The van der Waals surface area contributed by atoms with Crippen molar-refractivity contribution < 1.29 is 9.59 Å². The summed E-state index contributed by atoms with van der Waals surface area (Å²) >= 11 is 3.32. The smallest absolute Gasteiger partial charge is 0.254 e. The molecule has 0 aliphatic carbocycles. The van der Waals surface area contributed by atoms with Crippen LogP contribution in [0.2, 0.25) is 0 Å². The van der Waals surface area contributed by atoms with Gasteiger partial charge in [-0.3, -0.25) is 4.79 Å². The number of rotatable bonds is 2. The molecule has 0 radical (unpaired) electrons. The summed E-state index contributed by atoms with van der Waals surface area (Å²) in [5, 5.41) is 0. The van der Waals surface area contributed by atoms with Gasteiger partial charge < -0.3 is 9.69 Å². The number of aldehydes is 1. The minimum Gasteiger partial charge on any atom is -0.329 e. The van der Waals surface area contributed by atoms with E-state index >= 15 is 0 Å². The van der Waals surface area contributed by atoms with Crippen LogP contribution in [0.1, 0.15) is 23.2 Å². The molecule has 0 aromatic heterocycles. The van der Waals surface area contributed by atoms with E-state index in [1.54, 1.807) is 17.0 Å². The summed E-state index contributed by atoms with van der Waals surface area (Å²) in [6.45, 7) is 0.679. The fourth-order valence-corrected chi connectivity index (χ4v) is 2.21. The molecule has 16 heavy (non-hydrogen) atoms. The lowest BCUT2D eigenvalue weighted by Crippen LogP contribution is -2.36. The third-order valence-electron chi connectivity index (χ3n) is 2.81. The second-order valence-corrected chi connectivity index (χ2v) is 4.77. The average molecular weight is 282 g/mol. The lowest BCUT2D eigenvalue weighted by Gasteiger charge is -2.20. The molecular formula is C12H12BrNO2. The van der Waals surface area contributed by atoms with E-state index in [4.69, 9.17) is 0 Å². The Morgan fingerprint density at radius 1 is 1.38 bits per heavy atom. The number of amides is 1. The molecule has 1 aromatic carbocycles. The van der Waals surface area contributed by atoms with Gasteiger partial charge in [-0.05, 0) is 37.1 Å². The number of carbonyl (C=O) groups excluding carboxylic acids is 2. The van der Waals surface area contributed by atoms with Crippen LogP contribution in [0, 0.1) is 0 Å². The number of carbonyl (C=O) groups is 2. The van der Waals surface area contributed by atoms with Crippen LogP contribution in [0.25, 0.3) is 0 Å². The number of likely N-dealkylation sites (tertiary alicyclic amines) is 1. The molecule has 1 heterocycles. The topological polar surface area (TPSA) is 37.4 Å². The van der Waals surface area contributed by atoms with Gasteiger partial charge >= 0.3 is 0 Å². The van der Waals surface area contributed by atoms with Crippen molar-refractivity contribution in [2.75, 3.05) is 6.54 Å². The lowest BCUT2D eigenvalue weighted by molar-refractivity contribution is -0.111. The number of hydrogen-bond donors (Lipinski definition) is 0. The van der Waals surface area contributed by atoms with Gasteiger partial charge in [0.05, 0.1) is 6.04 Å². The number of benzene rings is 1. The van der Waals surface area contributed by atoms with Crippen molar-refractivity contribution in [3.63, 3.8) is 0 Å². The van der Waals surface area contributed by atoms with Crippen molar-refractivity contribution >= 4 is 28.1 Å². The van der Waals surface area contributed by atoms with Gasteiger partial charge in [0.25, 0.3) is 5.91 Å². The maximum atomic E-state index is 12.1. The van der Waals surface area contributed by atoms with Gasteiger partial charge in [0, 0.05) is 16.6 Å². The molecular weight excluding hydrogens is 270 g/mol. The first-order valence-corrected chi connectivity index (χ1v) is 6.03. The van der Waals surface area contributed by atoms with Gasteiger partial charge in [0.2, 0.25) is 0 Å². The number of halogens is 1. The molecule has 0 spiro atoms. The van der Waals surface area contributed by atoms with Crippen LogP contribution in [-0.4, -0.2) is 29.7 Å². The summed E-state index contributed by atoms with van der Waals surface area (Å²) in [7, 11) is 0. The summed E-state index contributed by atoms with van der Waals surface area (Å²) in [6, 6.07) is 6.97. The highest BCUT2D eigenvalue weighted by Gasteiger charge is 2.28. The predicted molar refractivity (Wildman–Crippen MR) is 64.3 cm³/mol. The van der Waals surface area contributed by atoms with Crippen LogP contribution in [0.15, 0.2) is 28.7 Å². The fraction of sp³-hybridized carbons (Fsp3) is 0.333. The van der Waals surface area contributed by atoms with Gasteiger partial charge in [0.15, 0.2) is 0 Å². The highest BCUT2D eigenvalue weighted by atomic mass is 79.9. The first-order chi connectivity index (χ1) is 7.72. The summed E-state index contributed by atoms with van der Waals surface area (Å²) in [6.07, 6.45) is 2.56. The zero-order valence-electron chi connectivity index (χ0n) is 8.73. The summed E-state index contributed by atoms with van der Waals surface area (Å²) < 4.78 is 0.942. The average Bonchev–Trinajstić information content (AvgIpc) is 2.77. The molecule has 0 saturated carbocycles. The van der Waals surface area contributed by atoms with Crippen molar-refractivity contribution in [3.8, 4) is 0 Å². The molecule has 1 amide bonds. The van der Waals surface area contributed by atoms with E-state index < -0.39 is 0 Å². The highest BCUT2D eigenvalue weighted by Crippen LogP contribution is 2.19. The van der Waals surface area contributed by atoms with E-state index in [0.29, 0.717) is 12.1 Å². The Bertz CT molecular complexity index is 402. The Hall–Kier alpha value is -1.16. The predicted octanol–water partition coefficient (Wildman–Crippen LogP) is 2.25. The van der Waals surface area contributed by atoms with Crippen molar-refractivity contribution in [2.24, 2.45) is 0 Å². The Labute approximate surface area is 103 Å². The lowest BCUT2D eigenvalue weighted by atomic mass is 10.2. The summed E-state index contributed by atoms with van der Waals surface area (Å²) in [5.41, 5.74) is 0.636. The summed E-state index contributed by atoms with van der Waals surface area (Å²) in [5.74, 6) is -0.0536. The molecule has 1 unspecified atom stereocenters. The molecule has 1 saturated heterocycles. The Morgan fingerprint density at radius 3 is 2.69 bits per heavy atom. The molecule has 1 aliphatic rings. The van der Waals surface area contributed by atoms with E-state index in [-0.39, 0.29) is 11.9 Å². The first-order valence-electron chi connectivity index (χ1n) is 5.24. The van der Waals surface area contributed by atoms with Crippen molar-refractivity contribution in [1.82, 2.24) is 4.90 Å². The molecule has 1 atom stereocenters. The van der Waals surface area contributed by atoms with E-state index in [1.165, 1.54) is 0 Å². The maximum Gasteiger partial charge on any atom is 0.254 e. The van der Waals surface area contributed by atoms with Crippen LogP contribution < -0.4 is 0 Å². The molecule has 0 N–H and O–H groups in total. The number of nitrogens with zero attached hydrogens (tertiary/aromatic N) is 1. The van der Waals surface area contributed by atoms with Gasteiger partial charge in [-0.15, -0.1) is 0 Å². The standard InChI is InChI=1S/C12H12BrNO2/c13-10-5-3-9(4-6-10)12(16)14-7-1-2-11(14)8-15/h3-6,8,11H,1-2,7H2. The van der Waals surface area contributed by atoms with Crippen molar-refractivity contribution in [1.29, 1.82) is 0 Å².